The maximum Gasteiger partial charge on any atom is 0.168 e. The van der Waals surface area contributed by atoms with E-state index in [1.54, 1.807) is 12.1 Å². The number of hydrogen-bond acceptors (Lipinski definition) is 1. The van der Waals surface area contributed by atoms with Gasteiger partial charge in [0.1, 0.15) is 5.82 Å². The molecule has 0 aliphatic rings. The van der Waals surface area contributed by atoms with Crippen LogP contribution in [0.15, 0.2) is 18.2 Å². The van der Waals surface area contributed by atoms with E-state index in [2.05, 4.69) is 17.5 Å². The van der Waals surface area contributed by atoms with Crippen LogP contribution in [-0.4, -0.2) is 5.11 Å². The third kappa shape index (κ3) is 2.28. The highest BCUT2D eigenvalue weighted by Crippen LogP contribution is 2.20. The molecule has 12 heavy (non-hydrogen) atoms. The standard InChI is InChI=1S/C7H6FIN2S/c8-4-2-1-3-5(6(4)9)11-7(10)12/h1-3H,(H3,10,11,12). The molecule has 64 valence electrons. The summed E-state index contributed by atoms with van der Waals surface area (Å²) in [7, 11) is 0. The second kappa shape index (κ2) is 3.99. The van der Waals surface area contributed by atoms with Crippen LogP contribution in [0.3, 0.4) is 0 Å². The second-order valence-electron chi connectivity index (χ2n) is 2.09. The van der Waals surface area contributed by atoms with E-state index in [1.165, 1.54) is 6.07 Å². The molecule has 0 aliphatic heterocycles. The zero-order chi connectivity index (χ0) is 9.14. The highest BCUT2D eigenvalue weighted by atomic mass is 127. The zero-order valence-electron chi connectivity index (χ0n) is 5.97. The van der Waals surface area contributed by atoms with Crippen molar-refractivity contribution < 1.29 is 4.39 Å². The molecule has 1 aromatic carbocycles. The molecular weight excluding hydrogens is 290 g/mol. The van der Waals surface area contributed by atoms with Crippen molar-refractivity contribution in [2.45, 2.75) is 0 Å². The van der Waals surface area contributed by atoms with Gasteiger partial charge >= 0.3 is 0 Å². The monoisotopic (exact) mass is 296 g/mol. The van der Waals surface area contributed by atoms with Crippen molar-refractivity contribution in [1.82, 2.24) is 0 Å². The minimum atomic E-state index is -0.281. The van der Waals surface area contributed by atoms with Crippen LogP contribution in [0.4, 0.5) is 10.1 Å². The number of halogens is 2. The Hall–Kier alpha value is -0.430. The normalized spacial score (nSPS) is 9.50. The molecule has 1 aromatic rings. The topological polar surface area (TPSA) is 38.0 Å². The molecule has 0 aliphatic carbocycles. The van der Waals surface area contributed by atoms with Crippen molar-refractivity contribution in [3.8, 4) is 0 Å². The van der Waals surface area contributed by atoms with Gasteiger partial charge in [0.25, 0.3) is 0 Å². The summed E-state index contributed by atoms with van der Waals surface area (Å²) in [6.07, 6.45) is 0. The van der Waals surface area contributed by atoms with Gasteiger partial charge in [0.2, 0.25) is 0 Å². The third-order valence-electron chi connectivity index (χ3n) is 1.21. The summed E-state index contributed by atoms with van der Waals surface area (Å²) in [5.74, 6) is -0.281. The first-order valence-corrected chi connectivity index (χ1v) is 4.60. The van der Waals surface area contributed by atoms with Crippen molar-refractivity contribution in [3.63, 3.8) is 0 Å². The van der Waals surface area contributed by atoms with Crippen molar-refractivity contribution >= 4 is 45.6 Å². The van der Waals surface area contributed by atoms with E-state index >= 15 is 0 Å². The molecule has 0 fully saturated rings. The van der Waals surface area contributed by atoms with Gasteiger partial charge in [-0.25, -0.2) is 4.39 Å². The van der Waals surface area contributed by atoms with Gasteiger partial charge in [-0.3, -0.25) is 0 Å². The molecule has 0 radical (unpaired) electrons. The Labute approximate surface area is 88.5 Å². The number of thiocarbonyl (C=S) groups is 1. The minimum absolute atomic E-state index is 0.138. The lowest BCUT2D eigenvalue weighted by Gasteiger charge is -2.05. The van der Waals surface area contributed by atoms with E-state index in [-0.39, 0.29) is 10.9 Å². The lowest BCUT2D eigenvalue weighted by molar-refractivity contribution is 0.621. The van der Waals surface area contributed by atoms with Crippen LogP contribution in [0, 0.1) is 9.39 Å². The molecule has 0 amide bonds. The van der Waals surface area contributed by atoms with Gasteiger partial charge in [0.15, 0.2) is 5.11 Å². The fourth-order valence-electron chi connectivity index (χ4n) is 0.733. The van der Waals surface area contributed by atoms with Crippen molar-refractivity contribution in [1.29, 1.82) is 0 Å². The number of anilines is 1. The highest BCUT2D eigenvalue weighted by Gasteiger charge is 2.03. The van der Waals surface area contributed by atoms with Gasteiger partial charge in [-0.15, -0.1) is 0 Å². The van der Waals surface area contributed by atoms with Crippen LogP contribution in [-0.2, 0) is 0 Å². The summed E-state index contributed by atoms with van der Waals surface area (Å²) in [6, 6.07) is 4.69. The Bertz CT molecular complexity index is 316. The second-order valence-corrected chi connectivity index (χ2v) is 3.61. The lowest BCUT2D eigenvalue weighted by atomic mass is 10.3. The quantitative estimate of drug-likeness (QED) is 0.615. The third-order valence-corrected chi connectivity index (χ3v) is 2.41. The van der Waals surface area contributed by atoms with E-state index in [4.69, 9.17) is 5.73 Å². The highest BCUT2D eigenvalue weighted by molar-refractivity contribution is 14.1. The van der Waals surface area contributed by atoms with Crippen LogP contribution in [0.25, 0.3) is 0 Å². The number of hydrogen-bond donors (Lipinski definition) is 2. The maximum absolute atomic E-state index is 12.9. The molecule has 0 aromatic heterocycles. The van der Waals surface area contributed by atoms with Gasteiger partial charge in [-0.2, -0.15) is 0 Å². The summed E-state index contributed by atoms with van der Waals surface area (Å²) in [4.78, 5) is 0. The molecule has 1 rings (SSSR count). The van der Waals surface area contributed by atoms with E-state index in [1.807, 2.05) is 22.6 Å². The van der Waals surface area contributed by atoms with Crippen LogP contribution >= 0.6 is 34.8 Å². The van der Waals surface area contributed by atoms with E-state index < -0.39 is 0 Å². The van der Waals surface area contributed by atoms with Gasteiger partial charge in [-0.1, -0.05) is 6.07 Å². The summed E-state index contributed by atoms with van der Waals surface area (Å²) >= 11 is 6.51. The Morgan fingerprint density at radius 1 is 1.58 bits per heavy atom. The van der Waals surface area contributed by atoms with E-state index in [9.17, 15) is 4.39 Å². The SMILES string of the molecule is NC(=S)Nc1cccc(F)c1I. The summed E-state index contributed by atoms with van der Waals surface area (Å²) in [5, 5.41) is 2.81. The van der Waals surface area contributed by atoms with Gasteiger partial charge in [0.05, 0.1) is 9.26 Å². The first kappa shape index (κ1) is 9.66. The van der Waals surface area contributed by atoms with Gasteiger partial charge < -0.3 is 11.1 Å². The molecule has 0 atom stereocenters. The molecule has 5 heteroatoms. The van der Waals surface area contributed by atoms with Crippen molar-refractivity contribution in [2.75, 3.05) is 5.32 Å². The number of rotatable bonds is 1. The Morgan fingerprint density at radius 3 is 2.83 bits per heavy atom. The van der Waals surface area contributed by atoms with E-state index in [0.717, 1.165) is 0 Å². The van der Waals surface area contributed by atoms with Crippen LogP contribution in [0.1, 0.15) is 0 Å². The van der Waals surface area contributed by atoms with Crippen LogP contribution < -0.4 is 11.1 Å². The molecular formula is C7H6FIN2S. The molecule has 0 spiro atoms. The summed E-state index contributed by atoms with van der Waals surface area (Å²) < 4.78 is 13.4. The molecule has 3 N–H and O–H groups in total. The van der Waals surface area contributed by atoms with Gasteiger partial charge in [0, 0.05) is 0 Å². The first-order chi connectivity index (χ1) is 5.61. The molecule has 0 heterocycles. The predicted molar refractivity (Wildman–Crippen MR) is 59.5 cm³/mol. The molecule has 0 unspecified atom stereocenters. The summed E-state index contributed by atoms with van der Waals surface area (Å²) in [5.41, 5.74) is 5.84. The van der Waals surface area contributed by atoms with Crippen LogP contribution in [0.5, 0.6) is 0 Å². The lowest BCUT2D eigenvalue weighted by Crippen LogP contribution is -2.19. The Morgan fingerprint density at radius 2 is 2.25 bits per heavy atom. The first-order valence-electron chi connectivity index (χ1n) is 3.11. The fraction of sp³-hybridized carbons (Fsp3) is 0. The maximum atomic E-state index is 12.9. The Kier molecular flexibility index (Phi) is 3.21. The fourth-order valence-corrected chi connectivity index (χ4v) is 1.34. The Balaban J connectivity index is 3.00. The van der Waals surface area contributed by atoms with Crippen molar-refractivity contribution in [3.05, 3.63) is 27.6 Å². The largest absolute Gasteiger partial charge is 0.376 e. The minimum Gasteiger partial charge on any atom is -0.376 e. The zero-order valence-corrected chi connectivity index (χ0v) is 8.95. The average molecular weight is 296 g/mol. The number of benzene rings is 1. The smallest absolute Gasteiger partial charge is 0.168 e. The molecule has 0 saturated carbocycles. The summed E-state index contributed by atoms with van der Waals surface area (Å²) in [6.45, 7) is 0. The molecule has 0 saturated heterocycles. The van der Waals surface area contributed by atoms with E-state index in [0.29, 0.717) is 9.26 Å². The molecule has 2 nitrogen and oxygen atoms in total. The van der Waals surface area contributed by atoms with Crippen LogP contribution in [0.2, 0.25) is 0 Å². The molecule has 0 bridgehead atoms. The number of nitrogens with one attached hydrogen (secondary N) is 1. The number of nitrogens with two attached hydrogens (primary N) is 1. The average Bonchev–Trinajstić information content (AvgIpc) is 1.98. The van der Waals surface area contributed by atoms with Gasteiger partial charge in [-0.05, 0) is 46.9 Å². The van der Waals surface area contributed by atoms with Crippen molar-refractivity contribution in [2.24, 2.45) is 5.73 Å². The predicted octanol–water partition coefficient (Wildman–Crippen LogP) is 2.09.